The second kappa shape index (κ2) is 5.72. The fraction of sp³-hybridized carbons (Fsp3) is 0.308. The summed E-state index contributed by atoms with van der Waals surface area (Å²) < 4.78 is 41.4. The van der Waals surface area contributed by atoms with Crippen molar-refractivity contribution in [2.24, 2.45) is 0 Å². The predicted octanol–water partition coefficient (Wildman–Crippen LogP) is 1.77. The fourth-order valence-electron chi connectivity index (χ4n) is 1.94. The standard InChI is InChI=1S/C13H14FNO4S/c1-9-6-10(14)2-3-12(9)13(16)8-20(17,18)7-11-4-5-19-15-11/h2-6,13,16H,7-8H2,1H3. The summed E-state index contributed by atoms with van der Waals surface area (Å²) in [6.45, 7) is 1.62. The van der Waals surface area contributed by atoms with E-state index in [1.54, 1.807) is 6.92 Å². The first-order valence-corrected chi connectivity index (χ1v) is 7.73. The molecule has 0 fully saturated rings. The van der Waals surface area contributed by atoms with E-state index in [-0.39, 0.29) is 11.4 Å². The number of aliphatic hydroxyl groups excluding tert-OH is 1. The van der Waals surface area contributed by atoms with Crippen LogP contribution in [0.15, 0.2) is 35.1 Å². The van der Waals surface area contributed by atoms with Crippen molar-refractivity contribution in [3.05, 3.63) is 53.2 Å². The number of halogens is 1. The molecule has 1 atom stereocenters. The summed E-state index contributed by atoms with van der Waals surface area (Å²) in [6.07, 6.45) is 0.0817. The first kappa shape index (κ1) is 14.7. The Hall–Kier alpha value is -1.73. The molecule has 1 aromatic heterocycles. The maximum Gasteiger partial charge on any atom is 0.159 e. The van der Waals surface area contributed by atoms with Crippen LogP contribution in [0.3, 0.4) is 0 Å². The zero-order valence-corrected chi connectivity index (χ0v) is 11.6. The van der Waals surface area contributed by atoms with Crippen molar-refractivity contribution in [3.63, 3.8) is 0 Å². The van der Waals surface area contributed by atoms with Crippen LogP contribution in [-0.4, -0.2) is 24.4 Å². The summed E-state index contributed by atoms with van der Waals surface area (Å²) in [5.41, 5.74) is 1.19. The van der Waals surface area contributed by atoms with Crippen LogP contribution in [0.2, 0.25) is 0 Å². The average Bonchev–Trinajstić information content (AvgIpc) is 2.79. The minimum atomic E-state index is -3.55. The van der Waals surface area contributed by atoms with Gasteiger partial charge in [0.2, 0.25) is 0 Å². The molecule has 0 saturated carbocycles. The van der Waals surface area contributed by atoms with Crippen LogP contribution < -0.4 is 0 Å². The Morgan fingerprint density at radius 1 is 1.40 bits per heavy atom. The number of hydrogen-bond donors (Lipinski definition) is 1. The number of hydrogen-bond acceptors (Lipinski definition) is 5. The highest BCUT2D eigenvalue weighted by Gasteiger charge is 2.21. The van der Waals surface area contributed by atoms with E-state index >= 15 is 0 Å². The highest BCUT2D eigenvalue weighted by Crippen LogP contribution is 2.21. The molecule has 1 aromatic carbocycles. The van der Waals surface area contributed by atoms with E-state index in [9.17, 15) is 17.9 Å². The summed E-state index contributed by atoms with van der Waals surface area (Å²) >= 11 is 0. The molecular formula is C13H14FNO4S. The monoisotopic (exact) mass is 299 g/mol. The third kappa shape index (κ3) is 3.64. The second-order valence-corrected chi connectivity index (χ2v) is 6.67. The SMILES string of the molecule is Cc1cc(F)ccc1C(O)CS(=O)(=O)Cc1ccon1. The van der Waals surface area contributed by atoms with E-state index < -0.39 is 27.5 Å². The highest BCUT2D eigenvalue weighted by molar-refractivity contribution is 7.90. The maximum atomic E-state index is 13.0. The molecule has 7 heteroatoms. The Kier molecular flexibility index (Phi) is 4.20. The van der Waals surface area contributed by atoms with Gasteiger partial charge in [-0.25, -0.2) is 12.8 Å². The number of nitrogens with zero attached hydrogens (tertiary/aromatic N) is 1. The maximum absolute atomic E-state index is 13.0. The number of benzene rings is 1. The molecule has 5 nitrogen and oxygen atoms in total. The Labute approximate surface area is 115 Å². The first-order valence-electron chi connectivity index (χ1n) is 5.91. The second-order valence-electron chi connectivity index (χ2n) is 4.56. The van der Waals surface area contributed by atoms with Crippen molar-refractivity contribution in [2.75, 3.05) is 5.75 Å². The van der Waals surface area contributed by atoms with Gasteiger partial charge in [0.1, 0.15) is 12.1 Å². The Morgan fingerprint density at radius 3 is 2.75 bits per heavy atom. The molecule has 1 heterocycles. The molecule has 1 N–H and O–H groups in total. The topological polar surface area (TPSA) is 80.4 Å². The molecule has 20 heavy (non-hydrogen) atoms. The molecule has 0 spiro atoms. The van der Waals surface area contributed by atoms with Gasteiger partial charge in [-0.3, -0.25) is 0 Å². The number of sulfone groups is 1. The molecule has 0 amide bonds. The van der Waals surface area contributed by atoms with E-state index in [1.165, 1.54) is 30.5 Å². The van der Waals surface area contributed by atoms with Crippen LogP contribution in [0.5, 0.6) is 0 Å². The fourth-order valence-corrected chi connectivity index (χ4v) is 3.32. The summed E-state index contributed by atoms with van der Waals surface area (Å²) in [5.74, 6) is -1.18. The van der Waals surface area contributed by atoms with Crippen LogP contribution in [0.4, 0.5) is 4.39 Å². The highest BCUT2D eigenvalue weighted by atomic mass is 32.2. The van der Waals surface area contributed by atoms with Gasteiger partial charge >= 0.3 is 0 Å². The molecule has 0 saturated heterocycles. The largest absolute Gasteiger partial charge is 0.387 e. The molecule has 0 radical (unpaired) electrons. The lowest BCUT2D eigenvalue weighted by Crippen LogP contribution is -2.17. The molecule has 0 aliphatic rings. The van der Waals surface area contributed by atoms with Gasteiger partial charge in [-0.15, -0.1) is 0 Å². The molecule has 0 bridgehead atoms. The average molecular weight is 299 g/mol. The number of aromatic nitrogens is 1. The van der Waals surface area contributed by atoms with Gasteiger partial charge in [-0.2, -0.15) is 0 Å². The van der Waals surface area contributed by atoms with Gasteiger partial charge in [0.05, 0.1) is 23.3 Å². The molecule has 0 aliphatic carbocycles. The van der Waals surface area contributed by atoms with Gasteiger partial charge in [-0.1, -0.05) is 11.2 Å². The molecule has 2 aromatic rings. The Morgan fingerprint density at radius 2 is 2.15 bits per heavy atom. The minimum Gasteiger partial charge on any atom is -0.387 e. The first-order chi connectivity index (χ1) is 9.37. The van der Waals surface area contributed by atoms with Crippen molar-refractivity contribution in [1.82, 2.24) is 5.16 Å². The van der Waals surface area contributed by atoms with Crippen molar-refractivity contribution in [1.29, 1.82) is 0 Å². The van der Waals surface area contributed by atoms with Crippen molar-refractivity contribution >= 4 is 9.84 Å². The van der Waals surface area contributed by atoms with Crippen LogP contribution >= 0.6 is 0 Å². The van der Waals surface area contributed by atoms with E-state index in [0.29, 0.717) is 11.1 Å². The van der Waals surface area contributed by atoms with Crippen LogP contribution in [0.25, 0.3) is 0 Å². The predicted molar refractivity (Wildman–Crippen MR) is 70.1 cm³/mol. The third-order valence-corrected chi connectivity index (χ3v) is 4.42. The lowest BCUT2D eigenvalue weighted by molar-refractivity contribution is 0.200. The van der Waals surface area contributed by atoms with Crippen LogP contribution in [0, 0.1) is 12.7 Å². The molecule has 108 valence electrons. The number of rotatable bonds is 5. The van der Waals surface area contributed by atoms with E-state index in [4.69, 9.17) is 0 Å². The summed E-state index contributed by atoms with van der Waals surface area (Å²) in [4.78, 5) is 0. The van der Waals surface area contributed by atoms with Gasteiger partial charge in [-0.05, 0) is 30.2 Å². The van der Waals surface area contributed by atoms with Gasteiger partial charge < -0.3 is 9.63 Å². The summed E-state index contributed by atoms with van der Waals surface area (Å²) in [6, 6.07) is 5.28. The Bertz CT molecular complexity index is 682. The zero-order chi connectivity index (χ0) is 14.8. The summed E-state index contributed by atoms with van der Waals surface area (Å²) in [5, 5.41) is 13.5. The smallest absolute Gasteiger partial charge is 0.159 e. The van der Waals surface area contributed by atoms with Crippen molar-refractivity contribution in [3.8, 4) is 0 Å². The summed E-state index contributed by atoms with van der Waals surface area (Å²) in [7, 11) is -3.55. The van der Waals surface area contributed by atoms with E-state index in [1.807, 2.05) is 0 Å². The van der Waals surface area contributed by atoms with Crippen molar-refractivity contribution in [2.45, 2.75) is 18.8 Å². The molecule has 1 unspecified atom stereocenters. The van der Waals surface area contributed by atoms with E-state index in [0.717, 1.165) is 0 Å². The molecule has 2 rings (SSSR count). The van der Waals surface area contributed by atoms with E-state index in [2.05, 4.69) is 9.68 Å². The quantitative estimate of drug-likeness (QED) is 0.910. The Balaban J connectivity index is 2.12. The zero-order valence-electron chi connectivity index (χ0n) is 10.8. The molecule has 0 aliphatic heterocycles. The van der Waals surface area contributed by atoms with Crippen LogP contribution in [0.1, 0.15) is 22.9 Å². The number of aliphatic hydroxyl groups is 1. The van der Waals surface area contributed by atoms with Gasteiger partial charge in [0.15, 0.2) is 9.84 Å². The van der Waals surface area contributed by atoms with Gasteiger partial charge in [0, 0.05) is 6.07 Å². The van der Waals surface area contributed by atoms with Crippen molar-refractivity contribution < 1.29 is 22.4 Å². The van der Waals surface area contributed by atoms with Crippen LogP contribution in [-0.2, 0) is 15.6 Å². The molecular weight excluding hydrogens is 285 g/mol. The minimum absolute atomic E-state index is 0.285. The lowest BCUT2D eigenvalue weighted by Gasteiger charge is -2.13. The van der Waals surface area contributed by atoms with Gasteiger partial charge in [0.25, 0.3) is 0 Å². The third-order valence-electron chi connectivity index (χ3n) is 2.86. The normalized spacial score (nSPS) is 13.3. The lowest BCUT2D eigenvalue weighted by atomic mass is 10.0. The number of aryl methyl sites for hydroxylation is 1.